The Kier molecular flexibility index (Phi) is 7.24. The second kappa shape index (κ2) is 8.50. The van der Waals surface area contributed by atoms with Crippen molar-refractivity contribution < 1.29 is 9.84 Å². The molecule has 0 radical (unpaired) electrons. The maximum Gasteiger partial charge on any atom is 0.119 e. The summed E-state index contributed by atoms with van der Waals surface area (Å²) in [5, 5.41) is 10.8. The molecule has 4 heteroatoms. The maximum atomic E-state index is 8.67. The molecule has 1 N–H and O–H groups in total. The van der Waals surface area contributed by atoms with Gasteiger partial charge in [-0.05, 0) is 47.9 Å². The van der Waals surface area contributed by atoms with Gasteiger partial charge >= 0.3 is 0 Å². The lowest BCUT2D eigenvalue weighted by atomic mass is 10.1. The highest BCUT2D eigenvalue weighted by molar-refractivity contribution is 8.77. The van der Waals surface area contributed by atoms with Gasteiger partial charge < -0.3 is 9.84 Å². The molecule has 94 valence electrons. The van der Waals surface area contributed by atoms with E-state index in [1.807, 2.05) is 12.1 Å². The molecule has 0 aliphatic rings. The summed E-state index contributed by atoms with van der Waals surface area (Å²) in [5.74, 6) is 0.866. The van der Waals surface area contributed by atoms with E-state index in [1.54, 1.807) is 21.6 Å². The number of benzene rings is 1. The second-order valence-corrected chi connectivity index (χ2v) is 5.88. The zero-order valence-electron chi connectivity index (χ0n) is 10.2. The highest BCUT2D eigenvalue weighted by atomic mass is 33.1. The van der Waals surface area contributed by atoms with E-state index < -0.39 is 0 Å². The van der Waals surface area contributed by atoms with Crippen molar-refractivity contribution in [1.29, 1.82) is 0 Å². The summed E-state index contributed by atoms with van der Waals surface area (Å²) in [6.45, 7) is 2.81. The Morgan fingerprint density at radius 2 is 2.24 bits per heavy atom. The van der Waals surface area contributed by atoms with Crippen LogP contribution < -0.4 is 4.74 Å². The van der Waals surface area contributed by atoms with Crippen molar-refractivity contribution in [1.82, 2.24) is 0 Å². The van der Waals surface area contributed by atoms with E-state index in [9.17, 15) is 0 Å². The molecular formula is C13H18O2S2. The number of hydrogen-bond acceptors (Lipinski definition) is 4. The van der Waals surface area contributed by atoms with Gasteiger partial charge in [0.25, 0.3) is 0 Å². The minimum Gasteiger partial charge on any atom is -0.493 e. The summed E-state index contributed by atoms with van der Waals surface area (Å²) >= 11 is 0. The fourth-order valence-electron chi connectivity index (χ4n) is 1.34. The Hall–Kier alpha value is -0.580. The van der Waals surface area contributed by atoms with Gasteiger partial charge in [-0.25, -0.2) is 0 Å². The zero-order valence-corrected chi connectivity index (χ0v) is 11.8. The molecule has 0 saturated heterocycles. The van der Waals surface area contributed by atoms with Gasteiger partial charge in [0, 0.05) is 13.0 Å². The molecular weight excluding hydrogens is 252 g/mol. The van der Waals surface area contributed by atoms with Crippen LogP contribution in [0.15, 0.2) is 23.6 Å². The fraction of sp³-hybridized carbons (Fsp3) is 0.385. The first-order chi connectivity index (χ1) is 8.27. The third-order valence-corrected chi connectivity index (χ3v) is 3.56. The average Bonchev–Trinajstić information content (AvgIpc) is 2.32. The Morgan fingerprint density at radius 3 is 2.88 bits per heavy atom. The maximum absolute atomic E-state index is 8.67. The summed E-state index contributed by atoms with van der Waals surface area (Å²) < 4.78 is 5.51. The molecule has 0 bridgehead atoms. The van der Waals surface area contributed by atoms with Crippen LogP contribution in [-0.4, -0.2) is 24.6 Å². The van der Waals surface area contributed by atoms with E-state index >= 15 is 0 Å². The smallest absolute Gasteiger partial charge is 0.119 e. The molecule has 1 aromatic rings. The van der Waals surface area contributed by atoms with Crippen LogP contribution in [0.1, 0.15) is 17.5 Å². The van der Waals surface area contributed by atoms with Crippen molar-refractivity contribution in [2.75, 3.05) is 19.5 Å². The first kappa shape index (κ1) is 14.5. The number of aryl methyl sites for hydroxylation is 1. The lowest BCUT2D eigenvalue weighted by Gasteiger charge is -2.07. The first-order valence-corrected chi connectivity index (χ1v) is 8.10. The molecule has 0 saturated carbocycles. The zero-order chi connectivity index (χ0) is 12.5. The van der Waals surface area contributed by atoms with Gasteiger partial charge in [-0.2, -0.15) is 0 Å². The highest BCUT2D eigenvalue weighted by Gasteiger charge is 1.98. The van der Waals surface area contributed by atoms with Crippen LogP contribution in [0.25, 0.3) is 6.08 Å². The minimum atomic E-state index is 0.172. The van der Waals surface area contributed by atoms with E-state index in [4.69, 9.17) is 9.84 Å². The van der Waals surface area contributed by atoms with E-state index in [0.29, 0.717) is 13.0 Å². The molecule has 1 rings (SSSR count). The fourth-order valence-corrected chi connectivity index (χ4v) is 2.15. The molecule has 0 fully saturated rings. The normalized spacial score (nSPS) is 11.0. The number of aliphatic hydroxyl groups is 1. The molecule has 0 unspecified atom stereocenters. The van der Waals surface area contributed by atoms with Crippen molar-refractivity contribution in [3.8, 4) is 5.75 Å². The molecule has 2 nitrogen and oxygen atoms in total. The Balaban J connectivity index is 2.59. The molecule has 0 spiro atoms. The molecule has 1 aromatic carbocycles. The number of ether oxygens (including phenoxy) is 1. The summed E-state index contributed by atoms with van der Waals surface area (Å²) in [6.07, 6.45) is 4.83. The predicted molar refractivity (Wildman–Crippen MR) is 78.5 cm³/mol. The van der Waals surface area contributed by atoms with Gasteiger partial charge in [-0.15, -0.1) is 0 Å². The third-order valence-electron chi connectivity index (χ3n) is 2.21. The van der Waals surface area contributed by atoms with Crippen LogP contribution in [0, 0.1) is 6.92 Å². The summed E-state index contributed by atoms with van der Waals surface area (Å²) in [6, 6.07) is 6.05. The van der Waals surface area contributed by atoms with Crippen LogP contribution >= 0.6 is 21.6 Å². The highest BCUT2D eigenvalue weighted by Crippen LogP contribution is 2.23. The standard InChI is InChI=1S/C13H18O2S2/c1-11-10-13(15-8-3-7-14)5-4-12(11)6-9-17-16-2/h4-6,9-10,14H,3,7-8H2,1-2H3/b9-6+. The SMILES string of the molecule is CSS/C=C/c1ccc(OCCCO)cc1C. The number of hydrogen-bond donors (Lipinski definition) is 1. The molecule has 0 atom stereocenters. The van der Waals surface area contributed by atoms with Crippen LogP contribution in [0.4, 0.5) is 0 Å². The summed E-state index contributed by atoms with van der Waals surface area (Å²) in [4.78, 5) is 0. The van der Waals surface area contributed by atoms with Gasteiger partial charge in [0.05, 0.1) is 6.61 Å². The average molecular weight is 270 g/mol. The summed E-state index contributed by atoms with van der Waals surface area (Å²) in [7, 11) is 3.43. The molecule has 0 aliphatic heterocycles. The Labute approximate surface area is 111 Å². The van der Waals surface area contributed by atoms with E-state index in [-0.39, 0.29) is 6.61 Å². The van der Waals surface area contributed by atoms with E-state index in [1.165, 1.54) is 11.1 Å². The third kappa shape index (κ3) is 5.52. The predicted octanol–water partition coefficient (Wildman–Crippen LogP) is 3.74. The minimum absolute atomic E-state index is 0.172. The van der Waals surface area contributed by atoms with Crippen molar-refractivity contribution in [3.05, 3.63) is 34.7 Å². The molecule has 0 aromatic heterocycles. The molecule has 0 heterocycles. The number of aliphatic hydroxyl groups excluding tert-OH is 1. The lowest BCUT2D eigenvalue weighted by molar-refractivity contribution is 0.233. The quantitative estimate of drug-likeness (QED) is 0.604. The second-order valence-electron chi connectivity index (χ2n) is 3.51. The van der Waals surface area contributed by atoms with Crippen molar-refractivity contribution >= 4 is 27.7 Å². The Bertz CT molecular complexity index is 364. The van der Waals surface area contributed by atoms with Crippen molar-refractivity contribution in [2.45, 2.75) is 13.3 Å². The largest absolute Gasteiger partial charge is 0.493 e. The monoisotopic (exact) mass is 270 g/mol. The molecule has 0 aliphatic carbocycles. The van der Waals surface area contributed by atoms with E-state index in [2.05, 4.69) is 30.7 Å². The van der Waals surface area contributed by atoms with Crippen molar-refractivity contribution in [2.24, 2.45) is 0 Å². The van der Waals surface area contributed by atoms with Crippen LogP contribution in [0.3, 0.4) is 0 Å². The van der Waals surface area contributed by atoms with Crippen LogP contribution in [-0.2, 0) is 0 Å². The Morgan fingerprint density at radius 1 is 1.41 bits per heavy atom. The molecule has 17 heavy (non-hydrogen) atoms. The van der Waals surface area contributed by atoms with Gasteiger partial charge in [-0.3, -0.25) is 0 Å². The number of rotatable bonds is 7. The topological polar surface area (TPSA) is 29.5 Å². The van der Waals surface area contributed by atoms with Gasteiger partial charge in [0.1, 0.15) is 5.75 Å². The lowest BCUT2D eigenvalue weighted by Crippen LogP contribution is -1.99. The van der Waals surface area contributed by atoms with Gasteiger partial charge in [-0.1, -0.05) is 27.7 Å². The first-order valence-electron chi connectivity index (χ1n) is 5.48. The summed E-state index contributed by atoms with van der Waals surface area (Å²) in [5.41, 5.74) is 2.41. The van der Waals surface area contributed by atoms with Crippen molar-refractivity contribution in [3.63, 3.8) is 0 Å². The van der Waals surface area contributed by atoms with Crippen LogP contribution in [0.5, 0.6) is 5.75 Å². The van der Waals surface area contributed by atoms with Gasteiger partial charge in [0.2, 0.25) is 0 Å². The van der Waals surface area contributed by atoms with Gasteiger partial charge in [0.15, 0.2) is 0 Å². The van der Waals surface area contributed by atoms with E-state index in [0.717, 1.165) is 5.75 Å². The van der Waals surface area contributed by atoms with Crippen LogP contribution in [0.2, 0.25) is 0 Å². The molecule has 0 amide bonds.